The Bertz CT molecular complexity index is 1300. The summed E-state index contributed by atoms with van der Waals surface area (Å²) in [4.78, 5) is 38.4. The molecule has 3 aromatic rings. The van der Waals surface area contributed by atoms with Crippen LogP contribution in [0.2, 0.25) is 5.02 Å². The number of esters is 2. The number of hydrogen-bond acceptors (Lipinski definition) is 8. The van der Waals surface area contributed by atoms with Gasteiger partial charge in [-0.15, -0.1) is 23.5 Å². The zero-order chi connectivity index (χ0) is 27.3. The van der Waals surface area contributed by atoms with Crippen molar-refractivity contribution in [1.82, 2.24) is 4.98 Å². The van der Waals surface area contributed by atoms with Crippen molar-refractivity contribution in [3.05, 3.63) is 76.4 Å². The van der Waals surface area contributed by atoms with E-state index < -0.39 is 12.1 Å². The van der Waals surface area contributed by atoms with E-state index in [4.69, 9.17) is 22.1 Å². The number of carbonyl (C=O) groups excluding carboxylic acids is 3. The second-order valence-corrected chi connectivity index (χ2v) is 11.4. The summed E-state index contributed by atoms with van der Waals surface area (Å²) >= 11 is 9.53. The van der Waals surface area contributed by atoms with Gasteiger partial charge in [0, 0.05) is 22.6 Å². The number of rotatable bonds is 13. The second-order valence-electron chi connectivity index (χ2n) is 8.23. The summed E-state index contributed by atoms with van der Waals surface area (Å²) in [7, 11) is 1.39. The number of thioether (sulfide) groups is 2. The summed E-state index contributed by atoms with van der Waals surface area (Å²) in [6.07, 6.45) is 4.73. The molecule has 0 aliphatic heterocycles. The lowest BCUT2D eigenvalue weighted by Gasteiger charge is -2.17. The summed E-state index contributed by atoms with van der Waals surface area (Å²) in [5.41, 5.74) is 8.69. The lowest BCUT2D eigenvalue weighted by atomic mass is 10.1. The molecule has 200 valence electrons. The van der Waals surface area contributed by atoms with Gasteiger partial charge in [-0.25, -0.2) is 9.78 Å². The van der Waals surface area contributed by atoms with Crippen LogP contribution in [0, 0.1) is 0 Å². The molecule has 1 heterocycles. The number of pyridine rings is 1. The first kappa shape index (κ1) is 29.5. The molecule has 0 aliphatic carbocycles. The first-order valence-electron chi connectivity index (χ1n) is 12.0. The lowest BCUT2D eigenvalue weighted by molar-refractivity contribution is -0.140. The van der Waals surface area contributed by atoms with E-state index in [1.807, 2.05) is 54.6 Å². The average molecular weight is 573 g/mol. The summed E-state index contributed by atoms with van der Waals surface area (Å²) in [5, 5.41) is 1.68. The molecule has 3 rings (SSSR count). The minimum Gasteiger partial charge on any atom is -0.469 e. The van der Waals surface area contributed by atoms with E-state index in [-0.39, 0.29) is 17.0 Å². The molecule has 2 aromatic carbocycles. The van der Waals surface area contributed by atoms with E-state index >= 15 is 0 Å². The number of halogens is 1. The Labute approximate surface area is 235 Å². The summed E-state index contributed by atoms with van der Waals surface area (Å²) in [5.74, 6) is 0.563. The van der Waals surface area contributed by atoms with Gasteiger partial charge in [0.15, 0.2) is 0 Å². The molecule has 0 bridgehead atoms. The molecule has 0 aliphatic rings. The zero-order valence-electron chi connectivity index (χ0n) is 20.9. The van der Waals surface area contributed by atoms with Crippen LogP contribution in [0.5, 0.6) is 0 Å². The quantitative estimate of drug-likeness (QED) is 0.102. The highest BCUT2D eigenvalue weighted by Gasteiger charge is 2.15. The molecular weight excluding hydrogens is 544 g/mol. The number of unbranched alkanes of at least 4 members (excludes halogenated alkanes) is 1. The number of hydrogen-bond donors (Lipinski definition) is 1. The molecule has 1 atom stereocenters. The van der Waals surface area contributed by atoms with E-state index in [1.54, 1.807) is 23.5 Å². The minimum atomic E-state index is -1.08. The summed E-state index contributed by atoms with van der Waals surface area (Å²) in [6, 6.07) is 17.9. The van der Waals surface area contributed by atoms with Crippen LogP contribution < -0.4 is 5.73 Å². The van der Waals surface area contributed by atoms with E-state index in [0.717, 1.165) is 39.9 Å². The van der Waals surface area contributed by atoms with Crippen molar-refractivity contribution in [2.75, 3.05) is 18.6 Å². The molecule has 1 amide bonds. The fraction of sp³-hybridized carbons (Fsp3) is 0.286. The number of ether oxygens (including phenoxy) is 2. The Morgan fingerprint density at radius 3 is 2.55 bits per heavy atom. The van der Waals surface area contributed by atoms with Crippen molar-refractivity contribution >= 4 is 76.2 Å². The van der Waals surface area contributed by atoms with Gasteiger partial charge >= 0.3 is 18.0 Å². The predicted octanol–water partition coefficient (Wildman–Crippen LogP) is 6.88. The smallest absolute Gasteiger partial charge is 0.412 e. The van der Waals surface area contributed by atoms with Gasteiger partial charge in [0.05, 0.1) is 29.3 Å². The number of amides is 1. The van der Waals surface area contributed by atoms with E-state index in [9.17, 15) is 14.4 Å². The van der Waals surface area contributed by atoms with Crippen molar-refractivity contribution in [2.45, 2.75) is 30.3 Å². The third-order valence-corrected chi connectivity index (χ3v) is 8.53. The van der Waals surface area contributed by atoms with Crippen LogP contribution in [0.1, 0.15) is 47.1 Å². The number of carbonyl (C=O) groups is 3. The molecule has 0 fully saturated rings. The highest BCUT2D eigenvalue weighted by Crippen LogP contribution is 2.40. The van der Waals surface area contributed by atoms with Crippen LogP contribution in [-0.4, -0.2) is 41.6 Å². The second kappa shape index (κ2) is 15.4. The molecule has 0 radical (unpaired) electrons. The molecule has 7 nitrogen and oxygen atoms in total. The number of benzene rings is 2. The molecule has 1 unspecified atom stereocenters. The number of primary amides is 1. The van der Waals surface area contributed by atoms with Gasteiger partial charge in [-0.1, -0.05) is 48.0 Å². The Morgan fingerprint density at radius 2 is 1.76 bits per heavy atom. The Kier molecular flexibility index (Phi) is 12.0. The van der Waals surface area contributed by atoms with Gasteiger partial charge in [0.1, 0.15) is 0 Å². The number of fused-ring (bicyclic) bond motifs is 1. The standard InChI is InChI=1S/C28H29ClN2O5S2/c1-35-25(32)14-16-38-27(37-15-3-2-7-26(33)36-28(30)34)21-6-4-5-19(17-21)8-12-23-13-10-20-9-11-22(29)18-24(20)31-23/h4-6,8-13,17-18,27H,2-3,7,14-16H2,1H3,(H2,30,34). The highest BCUT2D eigenvalue weighted by molar-refractivity contribution is 8.16. The normalized spacial score (nSPS) is 11.9. The molecule has 0 saturated heterocycles. The Hall–Kier alpha value is -3.01. The van der Waals surface area contributed by atoms with Crippen molar-refractivity contribution in [3.8, 4) is 0 Å². The minimum absolute atomic E-state index is 0.0894. The largest absolute Gasteiger partial charge is 0.469 e. The van der Waals surface area contributed by atoms with Crippen LogP contribution in [0.15, 0.2) is 54.6 Å². The highest BCUT2D eigenvalue weighted by atomic mass is 35.5. The third-order valence-electron chi connectivity index (χ3n) is 5.37. The van der Waals surface area contributed by atoms with E-state index in [2.05, 4.69) is 21.9 Å². The fourth-order valence-corrected chi connectivity index (χ4v) is 6.40. The van der Waals surface area contributed by atoms with Crippen molar-refractivity contribution in [1.29, 1.82) is 0 Å². The third kappa shape index (κ3) is 10.0. The monoisotopic (exact) mass is 572 g/mol. The van der Waals surface area contributed by atoms with Gasteiger partial charge in [-0.3, -0.25) is 9.59 Å². The van der Waals surface area contributed by atoms with Crippen molar-refractivity contribution in [2.24, 2.45) is 5.73 Å². The SMILES string of the molecule is COC(=O)CCSC(SCCCCC(=O)OC(N)=O)c1cccc(C=Cc2ccc3ccc(Cl)cc3n2)c1. The Balaban J connectivity index is 1.65. The summed E-state index contributed by atoms with van der Waals surface area (Å²) in [6.45, 7) is 0. The number of methoxy groups -OCH3 is 1. The molecule has 0 spiro atoms. The predicted molar refractivity (Wildman–Crippen MR) is 156 cm³/mol. The molecule has 1 aromatic heterocycles. The molecule has 38 heavy (non-hydrogen) atoms. The first-order valence-corrected chi connectivity index (χ1v) is 14.5. The van der Waals surface area contributed by atoms with E-state index in [0.29, 0.717) is 23.6 Å². The van der Waals surface area contributed by atoms with Crippen LogP contribution in [0.4, 0.5) is 4.79 Å². The van der Waals surface area contributed by atoms with Crippen molar-refractivity contribution in [3.63, 3.8) is 0 Å². The lowest BCUT2D eigenvalue weighted by Crippen LogP contribution is -2.18. The molecule has 10 heteroatoms. The van der Waals surface area contributed by atoms with Crippen molar-refractivity contribution < 1.29 is 23.9 Å². The van der Waals surface area contributed by atoms with Crippen LogP contribution in [0.25, 0.3) is 23.1 Å². The maximum Gasteiger partial charge on any atom is 0.412 e. The summed E-state index contributed by atoms with van der Waals surface area (Å²) < 4.78 is 9.21. The average Bonchev–Trinajstić information content (AvgIpc) is 2.90. The van der Waals surface area contributed by atoms with Crippen LogP contribution >= 0.6 is 35.1 Å². The maximum absolute atomic E-state index is 11.6. The molecule has 2 N–H and O–H groups in total. The van der Waals surface area contributed by atoms with Crippen LogP contribution in [-0.2, 0) is 19.1 Å². The van der Waals surface area contributed by atoms with Gasteiger partial charge in [-0.05, 0) is 60.1 Å². The van der Waals surface area contributed by atoms with Gasteiger partial charge < -0.3 is 15.2 Å². The molecule has 0 saturated carbocycles. The fourth-order valence-electron chi connectivity index (χ4n) is 3.51. The number of nitrogens with two attached hydrogens (primary N) is 1. The van der Waals surface area contributed by atoms with Gasteiger partial charge in [0.2, 0.25) is 0 Å². The molecular formula is C28H29ClN2O5S2. The van der Waals surface area contributed by atoms with Gasteiger partial charge in [0.25, 0.3) is 0 Å². The van der Waals surface area contributed by atoms with Crippen LogP contribution in [0.3, 0.4) is 0 Å². The topological polar surface area (TPSA) is 109 Å². The number of aromatic nitrogens is 1. The van der Waals surface area contributed by atoms with Gasteiger partial charge in [-0.2, -0.15) is 0 Å². The maximum atomic E-state index is 11.6. The number of nitrogens with zero attached hydrogens (tertiary/aromatic N) is 1. The zero-order valence-corrected chi connectivity index (χ0v) is 23.3. The Morgan fingerprint density at radius 1 is 0.974 bits per heavy atom. The van der Waals surface area contributed by atoms with E-state index in [1.165, 1.54) is 7.11 Å². The first-order chi connectivity index (χ1) is 18.3.